The summed E-state index contributed by atoms with van der Waals surface area (Å²) < 4.78 is 26.0. The number of amides is 2. The van der Waals surface area contributed by atoms with E-state index in [0.29, 0.717) is 37.7 Å². The van der Waals surface area contributed by atoms with Crippen LogP contribution in [0.25, 0.3) is 0 Å². The maximum Gasteiger partial charge on any atom is 0.410 e. The highest BCUT2D eigenvalue weighted by molar-refractivity contribution is 5.92. The summed E-state index contributed by atoms with van der Waals surface area (Å²) in [5.41, 5.74) is 0.101. The van der Waals surface area contributed by atoms with Crippen LogP contribution in [0.1, 0.15) is 50.1 Å². The molecule has 2 aromatic rings. The van der Waals surface area contributed by atoms with Gasteiger partial charge in [0.15, 0.2) is 0 Å². The number of likely N-dealkylation sites (N-methyl/N-ethyl adjacent to an activating group) is 1. The first-order valence-corrected chi connectivity index (χ1v) is 10.9. The molecule has 1 aromatic heterocycles. The van der Waals surface area contributed by atoms with Gasteiger partial charge >= 0.3 is 6.09 Å². The van der Waals surface area contributed by atoms with E-state index in [9.17, 15) is 14.0 Å². The van der Waals surface area contributed by atoms with Crippen molar-refractivity contribution in [2.75, 3.05) is 33.3 Å². The molecule has 0 aliphatic carbocycles. The zero-order chi connectivity index (χ0) is 23.3. The molecule has 1 aliphatic heterocycles. The van der Waals surface area contributed by atoms with Crippen molar-refractivity contribution >= 4 is 12.0 Å². The predicted molar refractivity (Wildman–Crippen MR) is 119 cm³/mol. The lowest BCUT2D eigenvalue weighted by Crippen LogP contribution is -2.42. The van der Waals surface area contributed by atoms with Gasteiger partial charge in [-0.2, -0.15) is 0 Å². The maximum atomic E-state index is 13.0. The summed E-state index contributed by atoms with van der Waals surface area (Å²) in [6.07, 6.45) is 3.14. The van der Waals surface area contributed by atoms with Gasteiger partial charge in [0.2, 0.25) is 0 Å². The molecule has 0 radical (unpaired) electrons. The summed E-state index contributed by atoms with van der Waals surface area (Å²) in [6.45, 7) is 7.46. The number of halogens is 1. The Morgan fingerprint density at radius 2 is 1.78 bits per heavy atom. The number of rotatable bonds is 6. The van der Waals surface area contributed by atoms with E-state index in [1.807, 2.05) is 43.7 Å². The first-order valence-electron chi connectivity index (χ1n) is 10.9. The summed E-state index contributed by atoms with van der Waals surface area (Å²) in [6, 6.07) is 9.64. The molecule has 8 heteroatoms. The van der Waals surface area contributed by atoms with Crippen molar-refractivity contribution in [3.63, 3.8) is 0 Å². The van der Waals surface area contributed by atoms with Gasteiger partial charge in [0.05, 0.1) is 6.54 Å². The number of carbonyl (C=O) groups is 2. The molecule has 1 aliphatic rings. The van der Waals surface area contributed by atoms with Gasteiger partial charge < -0.3 is 23.8 Å². The number of benzene rings is 1. The number of ether oxygens (including phenoxy) is 2. The Kier molecular flexibility index (Phi) is 7.43. The SMILES string of the molecule is CN(CCOc1ccc(F)cc1)C(=O)c1cccn1C1CCN(C(=O)OC(C)(C)C)CC1. The Labute approximate surface area is 188 Å². The fourth-order valence-electron chi connectivity index (χ4n) is 3.67. The van der Waals surface area contributed by atoms with Gasteiger partial charge in [0.25, 0.3) is 5.91 Å². The number of piperidine rings is 1. The van der Waals surface area contributed by atoms with Gasteiger partial charge in [-0.3, -0.25) is 4.79 Å². The lowest BCUT2D eigenvalue weighted by Gasteiger charge is -2.34. The van der Waals surface area contributed by atoms with E-state index in [2.05, 4.69) is 0 Å². The number of aromatic nitrogens is 1. The first kappa shape index (κ1) is 23.6. The smallest absolute Gasteiger partial charge is 0.410 e. The summed E-state index contributed by atoms with van der Waals surface area (Å²) in [4.78, 5) is 28.6. The van der Waals surface area contributed by atoms with Gasteiger partial charge in [0.1, 0.15) is 29.5 Å². The average molecular weight is 446 g/mol. The fraction of sp³-hybridized carbons (Fsp3) is 0.500. The van der Waals surface area contributed by atoms with Crippen LogP contribution in [0.3, 0.4) is 0 Å². The van der Waals surface area contributed by atoms with Crippen molar-refractivity contribution in [2.24, 2.45) is 0 Å². The van der Waals surface area contributed by atoms with Crippen LogP contribution >= 0.6 is 0 Å². The van der Waals surface area contributed by atoms with Gasteiger partial charge in [-0.15, -0.1) is 0 Å². The summed E-state index contributed by atoms with van der Waals surface area (Å²) >= 11 is 0. The number of carbonyl (C=O) groups excluding carboxylic acids is 2. The van der Waals surface area contributed by atoms with Crippen LogP contribution in [0.2, 0.25) is 0 Å². The van der Waals surface area contributed by atoms with Crippen LogP contribution in [0.4, 0.5) is 9.18 Å². The lowest BCUT2D eigenvalue weighted by molar-refractivity contribution is 0.0186. The Morgan fingerprint density at radius 3 is 2.41 bits per heavy atom. The molecule has 0 spiro atoms. The highest BCUT2D eigenvalue weighted by Gasteiger charge is 2.29. The van der Waals surface area contributed by atoms with Gasteiger partial charge in [-0.25, -0.2) is 9.18 Å². The molecular formula is C24H32FN3O4. The second-order valence-corrected chi connectivity index (χ2v) is 9.03. The van der Waals surface area contributed by atoms with E-state index in [0.717, 1.165) is 12.8 Å². The maximum absolute atomic E-state index is 13.0. The van der Waals surface area contributed by atoms with E-state index in [-0.39, 0.29) is 23.9 Å². The first-order chi connectivity index (χ1) is 15.1. The van der Waals surface area contributed by atoms with Gasteiger partial charge in [-0.1, -0.05) is 0 Å². The molecule has 2 heterocycles. The standard InChI is InChI=1S/C24H32FN3O4/c1-24(2,3)32-23(30)27-14-11-19(12-15-27)28-13-5-6-21(28)22(29)26(4)16-17-31-20-9-7-18(25)8-10-20/h5-10,13,19H,11-12,14-17H2,1-4H3. The van der Waals surface area contributed by atoms with Crippen LogP contribution in [-0.4, -0.2) is 65.3 Å². The largest absolute Gasteiger partial charge is 0.492 e. The molecule has 7 nitrogen and oxygen atoms in total. The van der Waals surface area contributed by atoms with Crippen LogP contribution in [0, 0.1) is 5.82 Å². The summed E-state index contributed by atoms with van der Waals surface area (Å²) in [5, 5.41) is 0. The molecular weight excluding hydrogens is 413 g/mol. The van der Waals surface area contributed by atoms with E-state index in [1.54, 1.807) is 29.0 Å². The normalized spacial score (nSPS) is 14.8. The minimum atomic E-state index is -0.515. The third-order valence-corrected chi connectivity index (χ3v) is 5.36. The Balaban J connectivity index is 1.52. The third kappa shape index (κ3) is 6.24. The molecule has 0 unspecified atom stereocenters. The molecule has 0 atom stereocenters. The van der Waals surface area contributed by atoms with Crippen LogP contribution < -0.4 is 4.74 Å². The predicted octanol–water partition coefficient (Wildman–Crippen LogP) is 4.35. The molecule has 0 bridgehead atoms. The molecule has 1 saturated heterocycles. The van der Waals surface area contributed by atoms with Crippen LogP contribution in [-0.2, 0) is 4.74 Å². The Morgan fingerprint density at radius 1 is 1.12 bits per heavy atom. The fourth-order valence-corrected chi connectivity index (χ4v) is 3.67. The van der Waals surface area contributed by atoms with Gasteiger partial charge in [0, 0.05) is 32.4 Å². The molecule has 174 valence electrons. The number of nitrogens with zero attached hydrogens (tertiary/aromatic N) is 3. The Hall–Kier alpha value is -3.03. The average Bonchev–Trinajstić information content (AvgIpc) is 3.23. The molecule has 0 N–H and O–H groups in total. The number of likely N-dealkylation sites (tertiary alicyclic amines) is 1. The van der Waals surface area contributed by atoms with Crippen molar-refractivity contribution in [1.29, 1.82) is 0 Å². The van der Waals surface area contributed by atoms with E-state index >= 15 is 0 Å². The van der Waals surface area contributed by atoms with E-state index in [4.69, 9.17) is 9.47 Å². The quantitative estimate of drug-likeness (QED) is 0.663. The van der Waals surface area contributed by atoms with Crippen molar-refractivity contribution in [1.82, 2.24) is 14.4 Å². The molecule has 32 heavy (non-hydrogen) atoms. The monoisotopic (exact) mass is 445 g/mol. The van der Waals surface area contributed by atoms with Crippen molar-refractivity contribution in [3.8, 4) is 5.75 Å². The molecule has 1 aromatic carbocycles. The van der Waals surface area contributed by atoms with E-state index < -0.39 is 5.60 Å². The Bertz CT molecular complexity index is 912. The molecule has 0 saturated carbocycles. The third-order valence-electron chi connectivity index (χ3n) is 5.36. The van der Waals surface area contributed by atoms with E-state index in [1.165, 1.54) is 12.1 Å². The number of hydrogen-bond acceptors (Lipinski definition) is 4. The lowest BCUT2D eigenvalue weighted by atomic mass is 10.0. The molecule has 2 amide bonds. The van der Waals surface area contributed by atoms with Gasteiger partial charge in [-0.05, 0) is 70.0 Å². The molecule has 1 fully saturated rings. The summed E-state index contributed by atoms with van der Waals surface area (Å²) in [7, 11) is 1.73. The van der Waals surface area contributed by atoms with Crippen LogP contribution in [0.15, 0.2) is 42.6 Å². The zero-order valence-corrected chi connectivity index (χ0v) is 19.2. The zero-order valence-electron chi connectivity index (χ0n) is 19.2. The van der Waals surface area contributed by atoms with Crippen LogP contribution in [0.5, 0.6) is 5.75 Å². The highest BCUT2D eigenvalue weighted by atomic mass is 19.1. The highest BCUT2D eigenvalue weighted by Crippen LogP contribution is 2.26. The van der Waals surface area contributed by atoms with Crippen molar-refractivity contribution < 1.29 is 23.5 Å². The minimum Gasteiger partial charge on any atom is -0.492 e. The minimum absolute atomic E-state index is 0.0905. The molecule has 3 rings (SSSR count). The topological polar surface area (TPSA) is 64.0 Å². The summed E-state index contributed by atoms with van der Waals surface area (Å²) in [5.74, 6) is 0.155. The van der Waals surface area contributed by atoms with Crippen molar-refractivity contribution in [3.05, 3.63) is 54.1 Å². The second-order valence-electron chi connectivity index (χ2n) is 9.03. The number of hydrogen-bond donors (Lipinski definition) is 0. The second kappa shape index (κ2) is 10.1. The van der Waals surface area contributed by atoms with Crippen molar-refractivity contribution in [2.45, 2.75) is 45.3 Å².